The Kier molecular flexibility index (Phi) is 5.81. The maximum absolute atomic E-state index is 5.22. The fourth-order valence-electron chi connectivity index (χ4n) is 5.47. The first-order valence-corrected chi connectivity index (χ1v) is 15.3. The minimum absolute atomic E-state index is 0.0861. The van der Waals surface area contributed by atoms with Crippen LogP contribution in [0.25, 0.3) is 75.4 Å². The van der Waals surface area contributed by atoms with Crippen molar-refractivity contribution < 1.29 is 0 Å². The molecular weight excluding hydrogens is 565 g/mol. The fraction of sp³-hybridized carbons (Fsp3) is 0. The normalized spacial score (nSPS) is 11.4. The van der Waals surface area contributed by atoms with Crippen LogP contribution in [0.4, 0.5) is 0 Å². The van der Waals surface area contributed by atoms with E-state index >= 15 is 0 Å². The first kappa shape index (κ1) is 24.0. The summed E-state index contributed by atoms with van der Waals surface area (Å²) < 4.78 is 2.48. The molecule has 0 saturated carbocycles. The van der Waals surface area contributed by atoms with Crippen LogP contribution in [0.2, 0.25) is 0 Å². The topological polar surface area (TPSA) is 38.7 Å². The zero-order valence-corrected chi connectivity index (χ0v) is 23.7. The van der Waals surface area contributed by atoms with Crippen molar-refractivity contribution in [1.29, 1.82) is 0 Å². The van der Waals surface area contributed by atoms with Crippen molar-refractivity contribution in [3.8, 4) is 44.0 Å². The molecule has 6 aromatic carbocycles. The van der Waals surface area contributed by atoms with Gasteiger partial charge in [0, 0.05) is 0 Å². The van der Waals surface area contributed by atoms with E-state index in [0.717, 1.165) is 39.4 Å². The van der Waals surface area contributed by atoms with Gasteiger partial charge in [-0.1, -0.05) is 0 Å². The third kappa shape index (κ3) is 4.35. The molecule has 0 aliphatic rings. The monoisotopic (exact) mass is 589 g/mol. The molecule has 0 fully saturated rings. The summed E-state index contributed by atoms with van der Waals surface area (Å²) in [7, 11) is 0. The van der Waals surface area contributed by atoms with Crippen molar-refractivity contribution >= 4 is 45.8 Å². The van der Waals surface area contributed by atoms with Gasteiger partial charge in [-0.15, -0.1) is 0 Å². The molecule has 4 heteroatoms. The Balaban J connectivity index is 1.38. The van der Waals surface area contributed by atoms with Crippen LogP contribution >= 0.6 is 0 Å². The predicted molar refractivity (Wildman–Crippen MR) is 171 cm³/mol. The molecule has 3 nitrogen and oxygen atoms in total. The molecular formula is C37H23N3Se. The van der Waals surface area contributed by atoms with Crippen molar-refractivity contribution in [2.45, 2.75) is 0 Å². The van der Waals surface area contributed by atoms with E-state index in [2.05, 4.69) is 133 Å². The molecule has 0 unspecified atom stereocenters. The molecule has 0 bridgehead atoms. The van der Waals surface area contributed by atoms with Crippen LogP contribution in [-0.2, 0) is 0 Å². The predicted octanol–water partition coefficient (Wildman–Crippen LogP) is 9.06. The number of rotatable bonds is 4. The SMILES string of the molecule is c1ccc(-c2cc(-c3cccc4ccc5nc(-c6ccccc6)[se]c5c34)nc(-c3ccc4ccccc4c3)n2)cc1. The molecule has 192 valence electrons. The van der Waals surface area contributed by atoms with E-state index in [4.69, 9.17) is 15.0 Å². The number of nitrogens with zero attached hydrogens (tertiary/aromatic N) is 3. The second-order valence-corrected chi connectivity index (χ2v) is 12.2. The Labute approximate surface area is 243 Å². The minimum atomic E-state index is 0.0861. The van der Waals surface area contributed by atoms with E-state index in [1.165, 1.54) is 35.9 Å². The molecule has 0 amide bonds. The molecule has 0 N–H and O–H groups in total. The summed E-state index contributed by atoms with van der Waals surface area (Å²) in [6, 6.07) is 48.8. The number of benzene rings is 6. The van der Waals surface area contributed by atoms with E-state index in [0.29, 0.717) is 0 Å². The maximum atomic E-state index is 5.22. The molecule has 2 heterocycles. The average Bonchev–Trinajstić information content (AvgIpc) is 3.50. The van der Waals surface area contributed by atoms with Crippen LogP contribution in [0.15, 0.2) is 140 Å². The fourth-order valence-corrected chi connectivity index (χ4v) is 7.86. The van der Waals surface area contributed by atoms with E-state index in [9.17, 15) is 0 Å². The van der Waals surface area contributed by atoms with E-state index in [1.54, 1.807) is 0 Å². The summed E-state index contributed by atoms with van der Waals surface area (Å²) >= 11 is 0.0861. The molecule has 0 saturated heterocycles. The van der Waals surface area contributed by atoms with E-state index in [-0.39, 0.29) is 14.5 Å². The van der Waals surface area contributed by atoms with Gasteiger partial charge in [0.1, 0.15) is 0 Å². The zero-order valence-electron chi connectivity index (χ0n) is 22.0. The average molecular weight is 589 g/mol. The Bertz CT molecular complexity index is 2200. The molecule has 2 aromatic heterocycles. The molecule has 0 radical (unpaired) electrons. The van der Waals surface area contributed by atoms with Gasteiger partial charge in [0.05, 0.1) is 0 Å². The van der Waals surface area contributed by atoms with Crippen LogP contribution in [0.1, 0.15) is 0 Å². The standard InChI is InChI=1S/C37H23N3Se/c1-3-11-25(12-4-1)32-23-33(39-36(38-32)29-19-18-24-10-7-8-15-28(24)22-29)30-17-9-16-26-20-21-31-35(34(26)30)41-37(40-31)27-13-5-2-6-14-27/h1-23H. The van der Waals surface area contributed by atoms with Gasteiger partial charge >= 0.3 is 244 Å². The first-order valence-electron chi connectivity index (χ1n) is 13.6. The Morgan fingerprint density at radius 2 is 1.12 bits per heavy atom. The molecule has 8 aromatic rings. The molecule has 8 rings (SSSR count). The van der Waals surface area contributed by atoms with Crippen molar-refractivity contribution in [2.24, 2.45) is 0 Å². The van der Waals surface area contributed by atoms with Gasteiger partial charge in [-0.05, 0) is 0 Å². The molecule has 0 aliphatic carbocycles. The Morgan fingerprint density at radius 3 is 1.95 bits per heavy atom. The van der Waals surface area contributed by atoms with Crippen LogP contribution in [0.3, 0.4) is 0 Å². The molecule has 0 aliphatic heterocycles. The van der Waals surface area contributed by atoms with Gasteiger partial charge in [-0.3, -0.25) is 0 Å². The van der Waals surface area contributed by atoms with Gasteiger partial charge in [-0.2, -0.15) is 0 Å². The number of hydrogen-bond acceptors (Lipinski definition) is 3. The van der Waals surface area contributed by atoms with Crippen molar-refractivity contribution in [1.82, 2.24) is 15.0 Å². The third-order valence-corrected chi connectivity index (χ3v) is 9.88. The number of fused-ring (bicyclic) bond motifs is 4. The molecule has 0 spiro atoms. The van der Waals surface area contributed by atoms with Crippen LogP contribution < -0.4 is 0 Å². The summed E-state index contributed by atoms with van der Waals surface area (Å²) in [5.41, 5.74) is 7.29. The Morgan fingerprint density at radius 1 is 0.439 bits per heavy atom. The Hall–Kier alpha value is -4.89. The third-order valence-electron chi connectivity index (χ3n) is 7.50. The van der Waals surface area contributed by atoms with Gasteiger partial charge in [-0.25, -0.2) is 0 Å². The van der Waals surface area contributed by atoms with Crippen LogP contribution in [-0.4, -0.2) is 29.5 Å². The number of aromatic nitrogens is 3. The summed E-state index contributed by atoms with van der Waals surface area (Å²) in [5, 5.41) is 4.83. The quantitative estimate of drug-likeness (QED) is 0.193. The van der Waals surface area contributed by atoms with Crippen LogP contribution in [0.5, 0.6) is 0 Å². The second-order valence-electron chi connectivity index (χ2n) is 10.1. The summed E-state index contributed by atoms with van der Waals surface area (Å²) in [6.07, 6.45) is 0. The molecule has 41 heavy (non-hydrogen) atoms. The zero-order chi connectivity index (χ0) is 27.2. The summed E-state index contributed by atoms with van der Waals surface area (Å²) in [4.78, 5) is 15.4. The van der Waals surface area contributed by atoms with Gasteiger partial charge in [0.25, 0.3) is 0 Å². The van der Waals surface area contributed by atoms with Gasteiger partial charge in [0.15, 0.2) is 0 Å². The van der Waals surface area contributed by atoms with Crippen molar-refractivity contribution in [3.05, 3.63) is 140 Å². The van der Waals surface area contributed by atoms with Crippen LogP contribution in [0, 0.1) is 0 Å². The van der Waals surface area contributed by atoms with E-state index in [1.807, 2.05) is 6.07 Å². The summed E-state index contributed by atoms with van der Waals surface area (Å²) in [6.45, 7) is 0. The molecule has 0 atom stereocenters. The summed E-state index contributed by atoms with van der Waals surface area (Å²) in [5.74, 6) is 0.725. The van der Waals surface area contributed by atoms with Gasteiger partial charge in [0.2, 0.25) is 0 Å². The second kappa shape index (κ2) is 9.94. The van der Waals surface area contributed by atoms with E-state index < -0.39 is 0 Å². The van der Waals surface area contributed by atoms with Crippen molar-refractivity contribution in [3.63, 3.8) is 0 Å². The number of hydrogen-bond donors (Lipinski definition) is 0. The van der Waals surface area contributed by atoms with Crippen molar-refractivity contribution in [2.75, 3.05) is 0 Å². The first-order chi connectivity index (χ1) is 20.3. The van der Waals surface area contributed by atoms with Gasteiger partial charge < -0.3 is 0 Å².